The van der Waals surface area contributed by atoms with Gasteiger partial charge in [-0.3, -0.25) is 4.90 Å². The van der Waals surface area contributed by atoms with E-state index in [1.165, 1.54) is 173 Å². The quantitative estimate of drug-likeness (QED) is 0.429. The van der Waals surface area contributed by atoms with Crippen molar-refractivity contribution in [1.29, 1.82) is 0 Å². The molecule has 0 amide bonds. The topological polar surface area (TPSA) is 3.24 Å². The zero-order valence-electron chi connectivity index (χ0n) is 21.3. The van der Waals surface area contributed by atoms with E-state index in [-0.39, 0.29) is 0 Å². The molecule has 31 heavy (non-hydrogen) atoms. The summed E-state index contributed by atoms with van der Waals surface area (Å²) in [5.41, 5.74) is 0. The molecule has 0 spiro atoms. The van der Waals surface area contributed by atoms with Crippen molar-refractivity contribution in [2.45, 2.75) is 191 Å². The van der Waals surface area contributed by atoms with E-state index in [0.29, 0.717) is 0 Å². The van der Waals surface area contributed by atoms with Crippen LogP contribution < -0.4 is 0 Å². The highest BCUT2D eigenvalue weighted by Gasteiger charge is 2.31. The number of nitrogens with zero attached hydrogens (tertiary/aromatic N) is 1. The molecular formula is C30H57N. The fourth-order valence-electron chi connectivity index (χ4n) is 7.15. The molecule has 0 unspecified atom stereocenters. The van der Waals surface area contributed by atoms with Gasteiger partial charge in [0.2, 0.25) is 0 Å². The van der Waals surface area contributed by atoms with Crippen molar-refractivity contribution in [3.05, 3.63) is 0 Å². The van der Waals surface area contributed by atoms with Crippen molar-refractivity contribution in [2.75, 3.05) is 0 Å². The summed E-state index contributed by atoms with van der Waals surface area (Å²) in [5, 5.41) is 0. The van der Waals surface area contributed by atoms with Gasteiger partial charge in [0.05, 0.1) is 0 Å². The molecule has 0 saturated heterocycles. The molecule has 3 aliphatic rings. The molecule has 0 bridgehead atoms. The van der Waals surface area contributed by atoms with Crippen molar-refractivity contribution >= 4 is 0 Å². The first-order valence-electron chi connectivity index (χ1n) is 15.2. The number of hydrogen-bond donors (Lipinski definition) is 0. The highest BCUT2D eigenvalue weighted by atomic mass is 15.2. The Morgan fingerprint density at radius 1 is 0.226 bits per heavy atom. The van der Waals surface area contributed by atoms with Gasteiger partial charge in [-0.1, -0.05) is 135 Å². The third kappa shape index (κ3) is 10.2. The molecule has 3 aliphatic carbocycles. The molecule has 0 aromatic carbocycles. The Kier molecular flexibility index (Phi) is 13.7. The Hall–Kier alpha value is -0.0400. The Labute approximate surface area is 196 Å². The van der Waals surface area contributed by atoms with Crippen LogP contribution in [0.4, 0.5) is 0 Å². The van der Waals surface area contributed by atoms with Crippen molar-refractivity contribution in [3.63, 3.8) is 0 Å². The third-order valence-corrected chi connectivity index (χ3v) is 8.99. The largest absolute Gasteiger partial charge is 0.294 e. The van der Waals surface area contributed by atoms with E-state index in [1.807, 2.05) is 0 Å². The maximum atomic E-state index is 3.25. The van der Waals surface area contributed by atoms with Crippen molar-refractivity contribution in [2.24, 2.45) is 0 Å². The average molecular weight is 432 g/mol. The molecular weight excluding hydrogens is 374 g/mol. The normalized spacial score (nSPS) is 27.0. The van der Waals surface area contributed by atoms with Gasteiger partial charge in [-0.15, -0.1) is 0 Å². The first-order valence-corrected chi connectivity index (χ1v) is 15.2. The number of rotatable bonds is 3. The summed E-state index contributed by atoms with van der Waals surface area (Å²) in [5.74, 6) is 0. The Balaban J connectivity index is 1.74. The molecule has 3 rings (SSSR count). The molecule has 0 heterocycles. The summed E-state index contributed by atoms with van der Waals surface area (Å²) in [6.45, 7) is 0. The fraction of sp³-hybridized carbons (Fsp3) is 1.00. The van der Waals surface area contributed by atoms with Crippen molar-refractivity contribution in [3.8, 4) is 0 Å². The predicted octanol–water partition coefficient (Wildman–Crippen LogP) is 9.97. The lowest BCUT2D eigenvalue weighted by atomic mass is 9.87. The molecule has 0 N–H and O–H groups in total. The third-order valence-electron chi connectivity index (χ3n) is 8.99. The van der Waals surface area contributed by atoms with E-state index < -0.39 is 0 Å². The summed E-state index contributed by atoms with van der Waals surface area (Å²) in [4.78, 5) is 3.25. The van der Waals surface area contributed by atoms with Crippen molar-refractivity contribution < 1.29 is 0 Å². The van der Waals surface area contributed by atoms with E-state index in [0.717, 1.165) is 18.1 Å². The summed E-state index contributed by atoms with van der Waals surface area (Å²) in [6, 6.07) is 2.71. The van der Waals surface area contributed by atoms with Crippen LogP contribution in [0.15, 0.2) is 0 Å². The van der Waals surface area contributed by atoms with Gasteiger partial charge in [-0.2, -0.15) is 0 Å². The maximum Gasteiger partial charge on any atom is 0.0101 e. The highest BCUT2D eigenvalue weighted by molar-refractivity contribution is 4.87. The fourth-order valence-corrected chi connectivity index (χ4v) is 7.15. The molecule has 3 fully saturated rings. The van der Waals surface area contributed by atoms with Gasteiger partial charge in [0.25, 0.3) is 0 Å². The SMILES string of the molecule is C1CCCCC(N(C2CCCCCCCCC2)C2CCCCCCCCC2)CCCC1. The van der Waals surface area contributed by atoms with Crippen LogP contribution in [-0.4, -0.2) is 23.0 Å². The van der Waals surface area contributed by atoms with Gasteiger partial charge >= 0.3 is 0 Å². The minimum Gasteiger partial charge on any atom is -0.294 e. The van der Waals surface area contributed by atoms with Gasteiger partial charge in [0.1, 0.15) is 0 Å². The molecule has 0 atom stereocenters. The first-order chi connectivity index (χ1) is 15.4. The first kappa shape index (κ1) is 25.6. The monoisotopic (exact) mass is 431 g/mol. The molecule has 0 aliphatic heterocycles. The summed E-state index contributed by atoms with van der Waals surface area (Å²) >= 11 is 0. The van der Waals surface area contributed by atoms with Gasteiger partial charge in [0.15, 0.2) is 0 Å². The van der Waals surface area contributed by atoms with Crippen LogP contribution in [0, 0.1) is 0 Å². The van der Waals surface area contributed by atoms with Gasteiger partial charge < -0.3 is 0 Å². The zero-order chi connectivity index (χ0) is 21.4. The van der Waals surface area contributed by atoms with Crippen LogP contribution in [0.2, 0.25) is 0 Å². The Morgan fingerprint density at radius 3 is 0.581 bits per heavy atom. The van der Waals surface area contributed by atoms with Gasteiger partial charge in [-0.05, 0) is 38.5 Å². The Morgan fingerprint density at radius 2 is 0.387 bits per heavy atom. The minimum absolute atomic E-state index is 0.902. The standard InChI is InChI=1S/C30H57N/c1-4-10-16-22-28(23-17-11-5-1)31(29-24-18-12-6-2-7-13-19-25-29)30-26-20-14-8-3-9-15-21-27-30/h28-30H,1-27H2. The van der Waals surface area contributed by atoms with E-state index >= 15 is 0 Å². The second kappa shape index (κ2) is 16.6. The smallest absolute Gasteiger partial charge is 0.0101 e. The maximum absolute atomic E-state index is 3.25. The van der Waals surface area contributed by atoms with Crippen LogP contribution in [0.5, 0.6) is 0 Å². The summed E-state index contributed by atoms with van der Waals surface area (Å²) in [6.07, 6.45) is 40.5. The molecule has 0 aromatic heterocycles. The molecule has 1 nitrogen and oxygen atoms in total. The van der Waals surface area contributed by atoms with E-state index in [4.69, 9.17) is 0 Å². The number of hydrogen-bond acceptors (Lipinski definition) is 1. The Bertz CT molecular complexity index is 327. The molecule has 0 aromatic rings. The molecule has 0 radical (unpaired) electrons. The molecule has 3 saturated carbocycles. The molecule has 182 valence electrons. The van der Waals surface area contributed by atoms with Crippen LogP contribution in [0.25, 0.3) is 0 Å². The van der Waals surface area contributed by atoms with Crippen LogP contribution in [-0.2, 0) is 0 Å². The van der Waals surface area contributed by atoms with Gasteiger partial charge in [0, 0.05) is 18.1 Å². The zero-order valence-corrected chi connectivity index (χ0v) is 21.3. The predicted molar refractivity (Wildman–Crippen MR) is 138 cm³/mol. The highest BCUT2D eigenvalue weighted by Crippen LogP contribution is 2.33. The lowest BCUT2D eigenvalue weighted by Crippen LogP contribution is -2.50. The van der Waals surface area contributed by atoms with Gasteiger partial charge in [-0.25, -0.2) is 0 Å². The summed E-state index contributed by atoms with van der Waals surface area (Å²) in [7, 11) is 0. The minimum atomic E-state index is 0.902. The second-order valence-electron chi connectivity index (χ2n) is 11.6. The van der Waals surface area contributed by atoms with E-state index in [9.17, 15) is 0 Å². The van der Waals surface area contributed by atoms with E-state index in [2.05, 4.69) is 4.90 Å². The average Bonchev–Trinajstić information content (AvgIpc) is 2.81. The molecule has 1 heteroatoms. The lowest BCUT2D eigenvalue weighted by molar-refractivity contribution is 0.0392. The van der Waals surface area contributed by atoms with Crippen LogP contribution in [0.1, 0.15) is 173 Å². The van der Waals surface area contributed by atoms with E-state index in [1.54, 1.807) is 0 Å². The second-order valence-corrected chi connectivity index (χ2v) is 11.6. The van der Waals surface area contributed by atoms with Crippen LogP contribution in [0.3, 0.4) is 0 Å². The lowest BCUT2D eigenvalue weighted by Gasteiger charge is -2.45. The summed E-state index contributed by atoms with van der Waals surface area (Å²) < 4.78 is 0. The van der Waals surface area contributed by atoms with Crippen molar-refractivity contribution in [1.82, 2.24) is 4.90 Å². The van der Waals surface area contributed by atoms with Crippen LogP contribution >= 0.6 is 0 Å².